The van der Waals surface area contributed by atoms with Crippen LogP contribution in [-0.4, -0.2) is 27.8 Å². The molecule has 2 fully saturated rings. The van der Waals surface area contributed by atoms with Gasteiger partial charge in [0.2, 0.25) is 0 Å². The van der Waals surface area contributed by atoms with Gasteiger partial charge in [-0.3, -0.25) is 4.78 Å². The summed E-state index contributed by atoms with van der Waals surface area (Å²) in [6.07, 6.45) is 7.57. The van der Waals surface area contributed by atoms with Crippen LogP contribution in [0.2, 0.25) is 0 Å². The van der Waals surface area contributed by atoms with Crippen molar-refractivity contribution in [2.75, 3.05) is 12.8 Å². The van der Waals surface area contributed by atoms with Crippen molar-refractivity contribution in [3.63, 3.8) is 0 Å². The Bertz CT molecular complexity index is 291. The zero-order valence-electron chi connectivity index (χ0n) is 8.14. The molecule has 2 unspecified atom stereocenters. The maximum atomic E-state index is 11.6. The highest BCUT2D eigenvalue weighted by Crippen LogP contribution is 2.38. The maximum absolute atomic E-state index is 11.6. The molecule has 0 radical (unpaired) electrons. The van der Waals surface area contributed by atoms with Gasteiger partial charge in [-0.25, -0.2) is 4.21 Å². The van der Waals surface area contributed by atoms with Gasteiger partial charge in [-0.2, -0.15) is 0 Å². The minimum absolute atomic E-state index is 0.0885. The number of nitrogens with one attached hydrogen (secondary N) is 2. The molecule has 2 atom stereocenters. The Hall–Kier alpha value is -0.0900. The van der Waals surface area contributed by atoms with E-state index < -0.39 is 9.73 Å². The Labute approximate surface area is 80.3 Å². The van der Waals surface area contributed by atoms with E-state index in [0.29, 0.717) is 0 Å². The summed E-state index contributed by atoms with van der Waals surface area (Å²) in [6, 6.07) is 0. The van der Waals surface area contributed by atoms with Gasteiger partial charge in [0.1, 0.15) is 0 Å². The quantitative estimate of drug-likeness (QED) is 0.674. The van der Waals surface area contributed by atoms with Crippen molar-refractivity contribution in [2.45, 2.75) is 42.9 Å². The summed E-state index contributed by atoms with van der Waals surface area (Å²) >= 11 is 0. The molecule has 1 aliphatic carbocycles. The highest BCUT2D eigenvalue weighted by Gasteiger charge is 2.42. The van der Waals surface area contributed by atoms with E-state index in [2.05, 4.69) is 5.32 Å². The van der Waals surface area contributed by atoms with Crippen LogP contribution in [0, 0.1) is 4.78 Å². The van der Waals surface area contributed by atoms with Gasteiger partial charge in [0.05, 0.1) is 5.25 Å². The third-order valence-corrected chi connectivity index (χ3v) is 5.13. The fourth-order valence-electron chi connectivity index (χ4n) is 2.66. The Balaban J connectivity index is 2.09. The van der Waals surface area contributed by atoms with E-state index >= 15 is 0 Å². The predicted octanol–water partition coefficient (Wildman–Crippen LogP) is 1.34. The zero-order chi connectivity index (χ0) is 9.53. The SMILES string of the molecule is CS(=N)(=O)C1CNC2(CCCC2)C1. The molecule has 0 aromatic rings. The summed E-state index contributed by atoms with van der Waals surface area (Å²) in [6.45, 7) is 0.791. The van der Waals surface area contributed by atoms with E-state index in [9.17, 15) is 4.21 Å². The van der Waals surface area contributed by atoms with Gasteiger partial charge < -0.3 is 5.32 Å². The van der Waals surface area contributed by atoms with Crippen LogP contribution >= 0.6 is 0 Å². The van der Waals surface area contributed by atoms with Gasteiger partial charge in [-0.1, -0.05) is 12.8 Å². The molecule has 1 saturated carbocycles. The van der Waals surface area contributed by atoms with Gasteiger partial charge in [0.25, 0.3) is 0 Å². The fourth-order valence-corrected chi connectivity index (χ4v) is 3.70. The first-order valence-corrected chi connectivity index (χ1v) is 7.02. The van der Waals surface area contributed by atoms with Crippen molar-refractivity contribution < 1.29 is 4.21 Å². The van der Waals surface area contributed by atoms with Crippen LogP contribution in [-0.2, 0) is 9.73 Å². The largest absolute Gasteiger partial charge is 0.310 e. The average molecular weight is 202 g/mol. The molecule has 1 aliphatic heterocycles. The molecule has 76 valence electrons. The Kier molecular flexibility index (Phi) is 2.15. The second-order valence-electron chi connectivity index (χ2n) is 4.60. The summed E-state index contributed by atoms with van der Waals surface area (Å²) in [5.41, 5.74) is 0.268. The third-order valence-electron chi connectivity index (χ3n) is 3.52. The van der Waals surface area contributed by atoms with Crippen molar-refractivity contribution in [1.82, 2.24) is 5.32 Å². The summed E-state index contributed by atoms with van der Waals surface area (Å²) in [5, 5.41) is 3.58. The molecule has 1 spiro atoms. The van der Waals surface area contributed by atoms with Crippen LogP contribution < -0.4 is 5.32 Å². The zero-order valence-corrected chi connectivity index (χ0v) is 8.95. The molecule has 1 heterocycles. The van der Waals surface area contributed by atoms with Gasteiger partial charge >= 0.3 is 0 Å². The fraction of sp³-hybridized carbons (Fsp3) is 1.00. The van der Waals surface area contributed by atoms with Gasteiger partial charge in [-0.15, -0.1) is 0 Å². The minimum atomic E-state index is -2.33. The lowest BCUT2D eigenvalue weighted by atomic mass is 9.96. The molecule has 2 N–H and O–H groups in total. The average Bonchev–Trinajstić information content (AvgIpc) is 2.60. The van der Waals surface area contributed by atoms with E-state index in [-0.39, 0.29) is 10.8 Å². The molecule has 4 heteroatoms. The van der Waals surface area contributed by atoms with E-state index in [1.807, 2.05) is 0 Å². The van der Waals surface area contributed by atoms with E-state index in [4.69, 9.17) is 4.78 Å². The summed E-state index contributed by atoms with van der Waals surface area (Å²) in [4.78, 5) is 0. The number of hydrogen-bond acceptors (Lipinski definition) is 3. The van der Waals surface area contributed by atoms with Crippen molar-refractivity contribution in [3.8, 4) is 0 Å². The monoisotopic (exact) mass is 202 g/mol. The Morgan fingerprint density at radius 2 is 2.08 bits per heavy atom. The maximum Gasteiger partial charge on any atom is 0.0567 e. The van der Waals surface area contributed by atoms with E-state index in [1.165, 1.54) is 25.7 Å². The molecule has 2 aliphatic rings. The second kappa shape index (κ2) is 2.95. The first-order valence-electron chi connectivity index (χ1n) is 5.00. The van der Waals surface area contributed by atoms with Crippen molar-refractivity contribution in [3.05, 3.63) is 0 Å². The number of rotatable bonds is 1. The molecule has 13 heavy (non-hydrogen) atoms. The Morgan fingerprint density at radius 1 is 1.46 bits per heavy atom. The standard InChI is InChI=1S/C9H18N2OS/c1-13(10,12)8-6-9(11-7-8)4-2-3-5-9/h8,10-11H,2-7H2,1H3. The lowest BCUT2D eigenvalue weighted by Gasteiger charge is -2.22. The van der Waals surface area contributed by atoms with Crippen molar-refractivity contribution in [1.29, 1.82) is 4.78 Å². The molecular weight excluding hydrogens is 184 g/mol. The van der Waals surface area contributed by atoms with Gasteiger partial charge in [0, 0.05) is 28.1 Å². The van der Waals surface area contributed by atoms with Crippen LogP contribution in [0.4, 0.5) is 0 Å². The van der Waals surface area contributed by atoms with Crippen molar-refractivity contribution >= 4 is 9.73 Å². The van der Waals surface area contributed by atoms with E-state index in [0.717, 1.165) is 13.0 Å². The van der Waals surface area contributed by atoms with Crippen molar-refractivity contribution in [2.24, 2.45) is 0 Å². The molecular formula is C9H18N2OS. The highest BCUT2D eigenvalue weighted by atomic mass is 32.2. The first kappa shape index (κ1) is 9.46. The normalized spacial score (nSPS) is 36.5. The smallest absolute Gasteiger partial charge is 0.0567 e. The molecule has 0 aromatic carbocycles. The first-order chi connectivity index (χ1) is 6.02. The molecule has 0 bridgehead atoms. The molecule has 1 saturated heterocycles. The number of hydrogen-bond donors (Lipinski definition) is 2. The van der Waals surface area contributed by atoms with Crippen LogP contribution in [0.1, 0.15) is 32.1 Å². The summed E-state index contributed by atoms with van der Waals surface area (Å²) < 4.78 is 19.1. The molecule has 0 aromatic heterocycles. The summed E-state index contributed by atoms with van der Waals surface area (Å²) in [5.74, 6) is 0. The lowest BCUT2D eigenvalue weighted by molar-refractivity contribution is 0.388. The molecule has 3 nitrogen and oxygen atoms in total. The van der Waals surface area contributed by atoms with Crippen LogP contribution in [0.3, 0.4) is 0 Å². The van der Waals surface area contributed by atoms with Crippen LogP contribution in [0.5, 0.6) is 0 Å². The minimum Gasteiger partial charge on any atom is -0.310 e. The third kappa shape index (κ3) is 1.74. The van der Waals surface area contributed by atoms with E-state index in [1.54, 1.807) is 6.26 Å². The summed E-state index contributed by atoms with van der Waals surface area (Å²) in [7, 11) is -2.33. The topological polar surface area (TPSA) is 53.0 Å². The highest BCUT2D eigenvalue weighted by molar-refractivity contribution is 7.92. The molecule has 2 rings (SSSR count). The van der Waals surface area contributed by atoms with Crippen LogP contribution in [0.25, 0.3) is 0 Å². The predicted molar refractivity (Wildman–Crippen MR) is 54.4 cm³/mol. The second-order valence-corrected chi connectivity index (χ2v) is 7.07. The Morgan fingerprint density at radius 3 is 2.54 bits per heavy atom. The van der Waals surface area contributed by atoms with Gasteiger partial charge in [-0.05, 0) is 19.3 Å². The van der Waals surface area contributed by atoms with Gasteiger partial charge in [0.15, 0.2) is 0 Å². The van der Waals surface area contributed by atoms with Crippen LogP contribution in [0.15, 0.2) is 0 Å². The lowest BCUT2D eigenvalue weighted by Crippen LogP contribution is -2.35. The molecule has 0 amide bonds.